The van der Waals surface area contributed by atoms with E-state index in [1.807, 2.05) is 26.2 Å². The Labute approximate surface area is 97.1 Å². The van der Waals surface area contributed by atoms with Gasteiger partial charge in [-0.3, -0.25) is 0 Å². The number of nitrogens with zero attached hydrogens (tertiary/aromatic N) is 1. The smallest absolute Gasteiger partial charge is 0.0741 e. The highest BCUT2D eigenvalue weighted by molar-refractivity contribution is 5.69. The maximum Gasteiger partial charge on any atom is 0.0741 e. The Hall–Kier alpha value is -1.22. The molecule has 3 heteroatoms. The molecule has 1 aliphatic rings. The molecule has 1 saturated carbocycles. The van der Waals surface area contributed by atoms with Crippen molar-refractivity contribution in [1.82, 2.24) is 0 Å². The molecule has 0 spiro atoms. The summed E-state index contributed by atoms with van der Waals surface area (Å²) in [5, 5.41) is 13.3. The zero-order valence-corrected chi connectivity index (χ0v) is 9.98. The van der Waals surface area contributed by atoms with Crippen molar-refractivity contribution in [3.05, 3.63) is 24.3 Å². The standard InChI is InChI=1S/C13H20N2O/c1-15(2)12-8-4-3-6-10(12)14-11-7-5-9-13(11)16/h3-4,6,8,11,13-14,16H,5,7,9H2,1-2H3. The molecule has 2 unspecified atom stereocenters. The number of rotatable bonds is 3. The molecule has 0 radical (unpaired) electrons. The molecule has 0 saturated heterocycles. The summed E-state index contributed by atoms with van der Waals surface area (Å²) in [6.45, 7) is 0. The van der Waals surface area contributed by atoms with Crippen molar-refractivity contribution in [2.45, 2.75) is 31.4 Å². The molecular weight excluding hydrogens is 200 g/mol. The van der Waals surface area contributed by atoms with Crippen molar-refractivity contribution in [3.8, 4) is 0 Å². The highest BCUT2D eigenvalue weighted by atomic mass is 16.3. The normalized spacial score (nSPS) is 24.4. The lowest BCUT2D eigenvalue weighted by molar-refractivity contribution is 0.172. The van der Waals surface area contributed by atoms with E-state index >= 15 is 0 Å². The lowest BCUT2D eigenvalue weighted by atomic mass is 10.2. The van der Waals surface area contributed by atoms with Gasteiger partial charge < -0.3 is 15.3 Å². The fraction of sp³-hybridized carbons (Fsp3) is 0.538. The van der Waals surface area contributed by atoms with Gasteiger partial charge in [-0.15, -0.1) is 0 Å². The molecular formula is C13H20N2O. The molecule has 2 rings (SSSR count). The summed E-state index contributed by atoms with van der Waals surface area (Å²) >= 11 is 0. The summed E-state index contributed by atoms with van der Waals surface area (Å²) in [5.74, 6) is 0. The van der Waals surface area contributed by atoms with E-state index in [0.717, 1.165) is 24.9 Å². The van der Waals surface area contributed by atoms with Crippen LogP contribution in [0, 0.1) is 0 Å². The van der Waals surface area contributed by atoms with Gasteiger partial charge in [0.15, 0.2) is 0 Å². The number of anilines is 2. The Morgan fingerprint density at radius 2 is 2.00 bits per heavy atom. The van der Waals surface area contributed by atoms with Crippen LogP contribution in [0.1, 0.15) is 19.3 Å². The van der Waals surface area contributed by atoms with E-state index in [0.29, 0.717) is 0 Å². The van der Waals surface area contributed by atoms with Gasteiger partial charge in [0.25, 0.3) is 0 Å². The van der Waals surface area contributed by atoms with E-state index in [-0.39, 0.29) is 12.1 Å². The van der Waals surface area contributed by atoms with Gasteiger partial charge in [0.2, 0.25) is 0 Å². The Balaban J connectivity index is 2.14. The largest absolute Gasteiger partial charge is 0.391 e. The molecule has 1 fully saturated rings. The van der Waals surface area contributed by atoms with Crippen LogP contribution in [0.4, 0.5) is 11.4 Å². The fourth-order valence-electron chi connectivity index (χ4n) is 2.29. The molecule has 2 atom stereocenters. The van der Waals surface area contributed by atoms with E-state index in [4.69, 9.17) is 0 Å². The molecule has 1 aromatic rings. The number of para-hydroxylation sites is 2. The van der Waals surface area contributed by atoms with E-state index in [2.05, 4.69) is 22.3 Å². The molecule has 0 bridgehead atoms. The Bertz CT molecular complexity index is 352. The first kappa shape index (κ1) is 11.3. The van der Waals surface area contributed by atoms with Crippen molar-refractivity contribution in [2.75, 3.05) is 24.3 Å². The highest BCUT2D eigenvalue weighted by Gasteiger charge is 2.25. The van der Waals surface area contributed by atoms with Crippen molar-refractivity contribution in [2.24, 2.45) is 0 Å². The van der Waals surface area contributed by atoms with Gasteiger partial charge >= 0.3 is 0 Å². The zero-order chi connectivity index (χ0) is 11.5. The second-order valence-electron chi connectivity index (χ2n) is 4.66. The number of aliphatic hydroxyl groups is 1. The fourth-order valence-corrected chi connectivity index (χ4v) is 2.29. The van der Waals surface area contributed by atoms with Gasteiger partial charge in [0, 0.05) is 14.1 Å². The average molecular weight is 220 g/mol. The van der Waals surface area contributed by atoms with Crippen LogP contribution in [-0.4, -0.2) is 31.3 Å². The van der Waals surface area contributed by atoms with Crippen molar-refractivity contribution in [3.63, 3.8) is 0 Å². The van der Waals surface area contributed by atoms with Crippen LogP contribution in [0.25, 0.3) is 0 Å². The van der Waals surface area contributed by atoms with Gasteiger partial charge in [-0.2, -0.15) is 0 Å². The van der Waals surface area contributed by atoms with E-state index in [1.165, 1.54) is 5.69 Å². The minimum atomic E-state index is -0.199. The molecule has 0 heterocycles. The Kier molecular flexibility index (Phi) is 3.34. The van der Waals surface area contributed by atoms with E-state index in [1.54, 1.807) is 0 Å². The molecule has 88 valence electrons. The van der Waals surface area contributed by atoms with E-state index in [9.17, 15) is 5.11 Å². The van der Waals surface area contributed by atoms with Gasteiger partial charge in [0.05, 0.1) is 23.5 Å². The number of nitrogens with one attached hydrogen (secondary N) is 1. The number of hydrogen-bond acceptors (Lipinski definition) is 3. The third kappa shape index (κ3) is 2.30. The molecule has 1 aromatic carbocycles. The predicted molar refractivity (Wildman–Crippen MR) is 68.0 cm³/mol. The Morgan fingerprint density at radius 3 is 2.62 bits per heavy atom. The minimum Gasteiger partial charge on any atom is -0.391 e. The molecule has 0 amide bonds. The average Bonchev–Trinajstić information content (AvgIpc) is 2.65. The molecule has 1 aliphatic carbocycles. The lowest BCUT2D eigenvalue weighted by Crippen LogP contribution is -2.28. The van der Waals surface area contributed by atoms with Crippen LogP contribution in [0.3, 0.4) is 0 Å². The summed E-state index contributed by atoms with van der Waals surface area (Å²) in [5.41, 5.74) is 2.28. The summed E-state index contributed by atoms with van der Waals surface area (Å²) < 4.78 is 0. The first-order valence-corrected chi connectivity index (χ1v) is 5.89. The molecule has 16 heavy (non-hydrogen) atoms. The number of aliphatic hydroxyl groups excluding tert-OH is 1. The minimum absolute atomic E-state index is 0.199. The predicted octanol–water partition coefficient (Wildman–Crippen LogP) is 2.08. The highest BCUT2D eigenvalue weighted by Crippen LogP contribution is 2.28. The maximum absolute atomic E-state index is 9.80. The molecule has 0 aromatic heterocycles. The van der Waals surface area contributed by atoms with Gasteiger partial charge in [-0.05, 0) is 31.4 Å². The van der Waals surface area contributed by atoms with Crippen LogP contribution in [0.15, 0.2) is 24.3 Å². The van der Waals surface area contributed by atoms with Crippen LogP contribution < -0.4 is 10.2 Å². The second kappa shape index (κ2) is 4.74. The Morgan fingerprint density at radius 1 is 1.25 bits per heavy atom. The molecule has 2 N–H and O–H groups in total. The quantitative estimate of drug-likeness (QED) is 0.818. The summed E-state index contributed by atoms with van der Waals surface area (Å²) in [6, 6.07) is 8.42. The first-order chi connectivity index (χ1) is 7.68. The number of benzene rings is 1. The zero-order valence-electron chi connectivity index (χ0n) is 9.98. The van der Waals surface area contributed by atoms with Crippen LogP contribution >= 0.6 is 0 Å². The molecule has 3 nitrogen and oxygen atoms in total. The third-order valence-electron chi connectivity index (χ3n) is 3.21. The topological polar surface area (TPSA) is 35.5 Å². The van der Waals surface area contributed by atoms with Gasteiger partial charge in [0.1, 0.15) is 0 Å². The monoisotopic (exact) mass is 220 g/mol. The number of hydrogen-bond donors (Lipinski definition) is 2. The van der Waals surface area contributed by atoms with Gasteiger partial charge in [-0.25, -0.2) is 0 Å². The van der Waals surface area contributed by atoms with Gasteiger partial charge in [-0.1, -0.05) is 12.1 Å². The van der Waals surface area contributed by atoms with Crippen LogP contribution in [0.2, 0.25) is 0 Å². The van der Waals surface area contributed by atoms with Crippen LogP contribution in [-0.2, 0) is 0 Å². The lowest BCUT2D eigenvalue weighted by Gasteiger charge is -2.23. The van der Waals surface area contributed by atoms with Crippen molar-refractivity contribution in [1.29, 1.82) is 0 Å². The van der Waals surface area contributed by atoms with Crippen molar-refractivity contribution < 1.29 is 5.11 Å². The third-order valence-corrected chi connectivity index (χ3v) is 3.21. The second-order valence-corrected chi connectivity index (χ2v) is 4.66. The maximum atomic E-state index is 9.80. The first-order valence-electron chi connectivity index (χ1n) is 5.89. The SMILES string of the molecule is CN(C)c1ccccc1NC1CCCC1O. The summed E-state index contributed by atoms with van der Waals surface area (Å²) in [6.07, 6.45) is 2.89. The van der Waals surface area contributed by atoms with E-state index < -0.39 is 0 Å². The summed E-state index contributed by atoms with van der Waals surface area (Å²) in [4.78, 5) is 2.09. The van der Waals surface area contributed by atoms with Crippen molar-refractivity contribution >= 4 is 11.4 Å². The van der Waals surface area contributed by atoms with Crippen LogP contribution in [0.5, 0.6) is 0 Å². The molecule has 0 aliphatic heterocycles. The summed E-state index contributed by atoms with van der Waals surface area (Å²) in [7, 11) is 4.07.